The van der Waals surface area contributed by atoms with E-state index >= 15 is 0 Å². The van der Waals surface area contributed by atoms with Crippen LogP contribution in [0.3, 0.4) is 0 Å². The van der Waals surface area contributed by atoms with Crippen molar-refractivity contribution >= 4 is 21.7 Å². The molecular weight excluding hydrogens is 296 g/mol. The highest BCUT2D eigenvalue weighted by Gasteiger charge is 2.27. The van der Waals surface area contributed by atoms with Gasteiger partial charge < -0.3 is 15.6 Å². The van der Waals surface area contributed by atoms with Crippen molar-refractivity contribution in [1.29, 1.82) is 0 Å². The summed E-state index contributed by atoms with van der Waals surface area (Å²) in [5, 5.41) is 9.24. The lowest BCUT2D eigenvalue weighted by Gasteiger charge is -2.20. The second-order valence-corrected chi connectivity index (χ2v) is 6.58. The number of anilines is 1. The van der Waals surface area contributed by atoms with Crippen molar-refractivity contribution in [3.05, 3.63) is 23.8 Å². The van der Waals surface area contributed by atoms with Crippen LogP contribution in [-0.2, 0) is 14.8 Å². The zero-order chi connectivity index (χ0) is 16.2. The number of benzene rings is 1. The van der Waals surface area contributed by atoms with Crippen LogP contribution in [-0.4, -0.2) is 39.3 Å². The summed E-state index contributed by atoms with van der Waals surface area (Å²) in [6.07, 6.45) is 0. The highest BCUT2D eigenvalue weighted by molar-refractivity contribution is 7.89. The Morgan fingerprint density at radius 3 is 2.52 bits per heavy atom. The van der Waals surface area contributed by atoms with Gasteiger partial charge in [0.2, 0.25) is 10.0 Å². The van der Waals surface area contributed by atoms with Crippen LogP contribution in [0.4, 0.5) is 5.69 Å². The van der Waals surface area contributed by atoms with Crippen LogP contribution in [0.25, 0.3) is 0 Å². The maximum Gasteiger partial charge on any atom is 0.339 e. The second-order valence-electron chi connectivity index (χ2n) is 4.90. The molecule has 1 aromatic rings. The van der Waals surface area contributed by atoms with Crippen LogP contribution < -0.4 is 10.5 Å². The van der Waals surface area contributed by atoms with E-state index in [-0.39, 0.29) is 28.7 Å². The lowest BCUT2D eigenvalue weighted by atomic mass is 10.1. The van der Waals surface area contributed by atoms with Gasteiger partial charge in [0, 0.05) is 11.7 Å². The number of carbonyl (C=O) groups is 1. The van der Waals surface area contributed by atoms with Gasteiger partial charge in [0.25, 0.3) is 0 Å². The molecule has 0 saturated heterocycles. The largest absolute Gasteiger partial charge is 0.465 e. The lowest BCUT2D eigenvalue weighted by molar-refractivity contribution is 0.0596. The van der Waals surface area contributed by atoms with Gasteiger partial charge in [0.15, 0.2) is 0 Å². The van der Waals surface area contributed by atoms with E-state index in [1.165, 1.54) is 18.2 Å². The average molecular weight is 316 g/mol. The number of nitrogens with one attached hydrogen (secondary N) is 1. The molecule has 0 unspecified atom stereocenters. The van der Waals surface area contributed by atoms with Crippen LogP contribution in [0.5, 0.6) is 0 Å². The summed E-state index contributed by atoms with van der Waals surface area (Å²) in [6.45, 7) is 3.20. The fraction of sp³-hybridized carbons (Fsp3) is 0.462. The van der Waals surface area contributed by atoms with E-state index in [0.717, 1.165) is 7.11 Å². The SMILES string of the molecule is COC(=O)c1cc(N)ccc1S(=O)(=O)N[C@H](CO)C(C)C. The van der Waals surface area contributed by atoms with E-state index in [1.807, 2.05) is 0 Å². The first-order valence-electron chi connectivity index (χ1n) is 6.34. The zero-order valence-electron chi connectivity index (χ0n) is 12.2. The van der Waals surface area contributed by atoms with Gasteiger partial charge >= 0.3 is 5.97 Å². The minimum atomic E-state index is -3.99. The Hall–Kier alpha value is -1.64. The highest BCUT2D eigenvalue weighted by Crippen LogP contribution is 2.20. The van der Waals surface area contributed by atoms with Gasteiger partial charge in [-0.05, 0) is 24.1 Å². The van der Waals surface area contributed by atoms with Crippen molar-refractivity contribution < 1.29 is 23.1 Å². The molecule has 8 heteroatoms. The summed E-state index contributed by atoms with van der Waals surface area (Å²) < 4.78 is 31.7. The summed E-state index contributed by atoms with van der Waals surface area (Å²) in [4.78, 5) is 11.5. The molecule has 4 N–H and O–H groups in total. The second kappa shape index (κ2) is 6.88. The molecule has 0 aliphatic heterocycles. The smallest absolute Gasteiger partial charge is 0.339 e. The molecule has 0 aromatic heterocycles. The molecule has 1 rings (SSSR count). The third kappa shape index (κ3) is 4.16. The topological polar surface area (TPSA) is 119 Å². The fourth-order valence-electron chi connectivity index (χ4n) is 1.70. The molecule has 0 radical (unpaired) electrons. The molecule has 1 atom stereocenters. The number of aliphatic hydroxyl groups excluding tert-OH is 1. The maximum absolute atomic E-state index is 12.4. The molecule has 0 bridgehead atoms. The van der Waals surface area contributed by atoms with Crippen LogP contribution in [0, 0.1) is 5.92 Å². The molecule has 118 valence electrons. The van der Waals surface area contributed by atoms with E-state index in [4.69, 9.17) is 5.73 Å². The number of carbonyl (C=O) groups excluding carboxylic acids is 1. The Morgan fingerprint density at radius 1 is 1.43 bits per heavy atom. The predicted molar refractivity (Wildman–Crippen MR) is 78.2 cm³/mol. The molecule has 0 spiro atoms. The number of hydrogen-bond acceptors (Lipinski definition) is 6. The molecule has 0 aliphatic carbocycles. The Kier molecular flexibility index (Phi) is 5.70. The molecule has 0 heterocycles. The number of esters is 1. The van der Waals surface area contributed by atoms with Crippen molar-refractivity contribution in [3.8, 4) is 0 Å². The van der Waals surface area contributed by atoms with Crippen LogP contribution >= 0.6 is 0 Å². The molecule has 0 fully saturated rings. The van der Waals surface area contributed by atoms with Gasteiger partial charge in [0.1, 0.15) is 0 Å². The van der Waals surface area contributed by atoms with E-state index in [1.54, 1.807) is 13.8 Å². The van der Waals surface area contributed by atoms with Gasteiger partial charge in [-0.2, -0.15) is 0 Å². The standard InChI is InChI=1S/C13H20N2O5S/c1-8(2)11(7-16)15-21(18,19)12-5-4-9(14)6-10(12)13(17)20-3/h4-6,8,11,15-16H,7,14H2,1-3H3/t11-/m1/s1. The van der Waals surface area contributed by atoms with Crippen molar-refractivity contribution in [3.63, 3.8) is 0 Å². The van der Waals surface area contributed by atoms with Gasteiger partial charge in [-0.3, -0.25) is 0 Å². The van der Waals surface area contributed by atoms with E-state index < -0.39 is 22.0 Å². The zero-order valence-corrected chi connectivity index (χ0v) is 13.0. The minimum Gasteiger partial charge on any atom is -0.465 e. The third-order valence-electron chi connectivity index (χ3n) is 3.01. The van der Waals surface area contributed by atoms with Gasteiger partial charge in [-0.15, -0.1) is 0 Å². The molecule has 1 aromatic carbocycles. The Morgan fingerprint density at radius 2 is 2.05 bits per heavy atom. The quantitative estimate of drug-likeness (QED) is 0.515. The number of aliphatic hydroxyl groups is 1. The summed E-state index contributed by atoms with van der Waals surface area (Å²) in [5.74, 6) is -0.909. The first kappa shape index (κ1) is 17.4. The van der Waals surface area contributed by atoms with Crippen molar-refractivity contribution in [2.45, 2.75) is 24.8 Å². The summed E-state index contributed by atoms with van der Waals surface area (Å²) in [7, 11) is -2.83. The number of nitrogen functional groups attached to an aromatic ring is 1. The molecule has 0 aliphatic rings. The first-order chi connectivity index (χ1) is 9.72. The number of sulfonamides is 1. The Bertz CT molecular complexity index is 613. The highest BCUT2D eigenvalue weighted by atomic mass is 32.2. The summed E-state index contributed by atoms with van der Waals surface area (Å²) in [5.41, 5.74) is 5.68. The lowest BCUT2D eigenvalue weighted by Crippen LogP contribution is -2.41. The summed E-state index contributed by atoms with van der Waals surface area (Å²) in [6, 6.07) is 3.20. The fourth-order valence-corrected chi connectivity index (χ4v) is 3.25. The maximum atomic E-state index is 12.4. The van der Waals surface area contributed by atoms with E-state index in [9.17, 15) is 18.3 Å². The monoisotopic (exact) mass is 316 g/mol. The number of ether oxygens (including phenoxy) is 1. The van der Waals surface area contributed by atoms with Crippen LogP contribution in [0.1, 0.15) is 24.2 Å². The number of methoxy groups -OCH3 is 1. The van der Waals surface area contributed by atoms with Gasteiger partial charge in [0.05, 0.1) is 24.2 Å². The molecule has 21 heavy (non-hydrogen) atoms. The summed E-state index contributed by atoms with van der Waals surface area (Å²) >= 11 is 0. The molecule has 0 saturated carbocycles. The molecule has 0 amide bonds. The number of nitrogens with two attached hydrogens (primary N) is 1. The van der Waals surface area contributed by atoms with E-state index in [2.05, 4.69) is 9.46 Å². The molecule has 7 nitrogen and oxygen atoms in total. The van der Waals surface area contributed by atoms with E-state index in [0.29, 0.717) is 0 Å². The normalized spacial score (nSPS) is 13.2. The third-order valence-corrected chi connectivity index (χ3v) is 4.55. The number of rotatable bonds is 6. The Balaban J connectivity index is 3.28. The van der Waals surface area contributed by atoms with Gasteiger partial charge in [-0.25, -0.2) is 17.9 Å². The molecular formula is C13H20N2O5S. The van der Waals surface area contributed by atoms with Crippen LogP contribution in [0.15, 0.2) is 23.1 Å². The average Bonchev–Trinajstić information content (AvgIpc) is 2.43. The van der Waals surface area contributed by atoms with Crippen LogP contribution in [0.2, 0.25) is 0 Å². The van der Waals surface area contributed by atoms with Crippen molar-refractivity contribution in [2.75, 3.05) is 19.5 Å². The Labute approximate surface area is 124 Å². The number of hydrogen-bond donors (Lipinski definition) is 3. The minimum absolute atomic E-state index is 0.111. The first-order valence-corrected chi connectivity index (χ1v) is 7.82. The van der Waals surface area contributed by atoms with Crippen molar-refractivity contribution in [1.82, 2.24) is 4.72 Å². The van der Waals surface area contributed by atoms with Crippen molar-refractivity contribution in [2.24, 2.45) is 5.92 Å². The van der Waals surface area contributed by atoms with Gasteiger partial charge in [-0.1, -0.05) is 13.8 Å². The predicted octanol–water partition coefficient (Wildman–Crippen LogP) is 0.351.